The lowest BCUT2D eigenvalue weighted by Gasteiger charge is -2.30. The zero-order valence-corrected chi connectivity index (χ0v) is 18.4. The Labute approximate surface area is 180 Å². The van der Waals surface area contributed by atoms with Crippen LogP contribution in [0.3, 0.4) is 0 Å². The van der Waals surface area contributed by atoms with Crippen molar-refractivity contribution in [2.45, 2.75) is 76.9 Å². The quantitative estimate of drug-likeness (QED) is 0.541. The second-order valence-corrected chi connectivity index (χ2v) is 9.52. The van der Waals surface area contributed by atoms with Crippen LogP contribution in [-0.4, -0.2) is 47.8 Å². The number of rotatable bonds is 10. The topological polar surface area (TPSA) is 72.8 Å². The molecular weight excluding hydrogens is 407 g/mol. The Kier molecular flexibility index (Phi) is 7.08. The van der Waals surface area contributed by atoms with E-state index in [2.05, 4.69) is 10.3 Å². The van der Waals surface area contributed by atoms with Crippen LogP contribution in [0.25, 0.3) is 10.2 Å². The largest absolute Gasteiger partial charge is 0.487 e. The molecule has 2 fully saturated rings. The minimum atomic E-state index is -0.542. The monoisotopic (exact) mass is 438 g/mol. The van der Waals surface area contributed by atoms with Gasteiger partial charge in [0.05, 0.1) is 35.6 Å². The lowest BCUT2D eigenvalue weighted by atomic mass is 9.95. The molecule has 8 heteroatoms. The molecule has 0 saturated heterocycles. The van der Waals surface area contributed by atoms with Crippen LogP contribution in [0.1, 0.15) is 52.4 Å². The zero-order valence-electron chi connectivity index (χ0n) is 17.6. The highest BCUT2D eigenvalue weighted by molar-refractivity contribution is 7.20. The average Bonchev–Trinajstić information content (AvgIpc) is 3.45. The SMILES string of the molecule is CC(O)N[C@@H](C)COC1CCC(Oc2ccc3nc(OCC4CC4)sc3c2F)CC1. The molecule has 0 amide bonds. The molecule has 2 aliphatic rings. The summed E-state index contributed by atoms with van der Waals surface area (Å²) in [5, 5.41) is 12.9. The summed E-state index contributed by atoms with van der Waals surface area (Å²) in [5.74, 6) is 0.583. The molecule has 1 heterocycles. The van der Waals surface area contributed by atoms with Crippen LogP contribution in [0.4, 0.5) is 4.39 Å². The van der Waals surface area contributed by atoms with Crippen LogP contribution >= 0.6 is 11.3 Å². The first-order valence-electron chi connectivity index (χ1n) is 10.9. The van der Waals surface area contributed by atoms with Gasteiger partial charge in [0, 0.05) is 6.04 Å². The fraction of sp³-hybridized carbons (Fsp3) is 0.682. The van der Waals surface area contributed by atoms with E-state index in [0.717, 1.165) is 25.7 Å². The number of hydrogen-bond donors (Lipinski definition) is 2. The summed E-state index contributed by atoms with van der Waals surface area (Å²) in [4.78, 5) is 4.39. The van der Waals surface area contributed by atoms with Crippen molar-refractivity contribution in [1.29, 1.82) is 0 Å². The summed E-state index contributed by atoms with van der Waals surface area (Å²) in [6.07, 6.45) is 5.49. The maximum atomic E-state index is 15.0. The molecule has 0 aliphatic heterocycles. The van der Waals surface area contributed by atoms with Crippen LogP contribution in [0.15, 0.2) is 12.1 Å². The molecule has 2 aliphatic carbocycles. The number of aromatic nitrogens is 1. The maximum Gasteiger partial charge on any atom is 0.274 e. The number of nitrogens with one attached hydrogen (secondary N) is 1. The van der Waals surface area contributed by atoms with Gasteiger partial charge in [-0.25, -0.2) is 9.37 Å². The molecule has 0 bridgehead atoms. The van der Waals surface area contributed by atoms with Gasteiger partial charge in [-0.05, 0) is 70.4 Å². The highest BCUT2D eigenvalue weighted by atomic mass is 32.1. The molecule has 0 spiro atoms. The van der Waals surface area contributed by atoms with Crippen molar-refractivity contribution < 1.29 is 23.7 Å². The lowest BCUT2D eigenvalue weighted by Crippen LogP contribution is -2.39. The van der Waals surface area contributed by atoms with Gasteiger partial charge < -0.3 is 19.3 Å². The van der Waals surface area contributed by atoms with Gasteiger partial charge in [0.1, 0.15) is 6.23 Å². The summed E-state index contributed by atoms with van der Waals surface area (Å²) in [7, 11) is 0. The smallest absolute Gasteiger partial charge is 0.274 e. The molecule has 1 aromatic carbocycles. The molecule has 1 unspecified atom stereocenters. The van der Waals surface area contributed by atoms with Crippen molar-refractivity contribution in [3.63, 3.8) is 0 Å². The fourth-order valence-electron chi connectivity index (χ4n) is 3.78. The molecule has 4 rings (SSSR count). The predicted molar refractivity (Wildman–Crippen MR) is 115 cm³/mol. The maximum absolute atomic E-state index is 15.0. The molecule has 2 atom stereocenters. The Hall–Kier alpha value is -1.48. The second kappa shape index (κ2) is 9.77. The number of hydrogen-bond acceptors (Lipinski definition) is 7. The number of thiazole rings is 1. The van der Waals surface area contributed by atoms with E-state index in [9.17, 15) is 9.50 Å². The normalized spacial score (nSPS) is 24.0. The second-order valence-electron chi connectivity index (χ2n) is 8.55. The summed E-state index contributed by atoms with van der Waals surface area (Å²) in [5.41, 5.74) is 0.618. The van der Waals surface area contributed by atoms with E-state index >= 15 is 0 Å². The number of benzene rings is 1. The van der Waals surface area contributed by atoms with E-state index < -0.39 is 6.23 Å². The fourth-order valence-corrected chi connectivity index (χ4v) is 4.64. The molecular formula is C22H31FN2O4S. The molecule has 2 aromatic rings. The van der Waals surface area contributed by atoms with Crippen LogP contribution in [0, 0.1) is 11.7 Å². The van der Waals surface area contributed by atoms with Crippen molar-refractivity contribution in [3.05, 3.63) is 17.9 Å². The van der Waals surface area contributed by atoms with Crippen LogP contribution in [0.2, 0.25) is 0 Å². The highest BCUT2D eigenvalue weighted by Crippen LogP contribution is 2.37. The third-order valence-electron chi connectivity index (χ3n) is 5.60. The van der Waals surface area contributed by atoms with Gasteiger partial charge in [-0.1, -0.05) is 11.3 Å². The van der Waals surface area contributed by atoms with Gasteiger partial charge in [-0.15, -0.1) is 0 Å². The van der Waals surface area contributed by atoms with Gasteiger partial charge in [0.15, 0.2) is 11.6 Å². The van der Waals surface area contributed by atoms with E-state index in [0.29, 0.717) is 40.3 Å². The number of fused-ring (bicyclic) bond motifs is 1. The van der Waals surface area contributed by atoms with Crippen LogP contribution in [-0.2, 0) is 4.74 Å². The Balaban J connectivity index is 1.27. The van der Waals surface area contributed by atoms with Gasteiger partial charge in [-0.2, -0.15) is 0 Å². The van der Waals surface area contributed by atoms with Crippen molar-refractivity contribution in [3.8, 4) is 10.9 Å². The zero-order chi connectivity index (χ0) is 21.1. The van der Waals surface area contributed by atoms with E-state index in [-0.39, 0.29) is 24.1 Å². The molecule has 166 valence electrons. The first kappa shape index (κ1) is 21.7. The van der Waals surface area contributed by atoms with Gasteiger partial charge in [0.25, 0.3) is 5.19 Å². The lowest BCUT2D eigenvalue weighted by molar-refractivity contribution is -0.0110. The molecule has 2 saturated carbocycles. The summed E-state index contributed by atoms with van der Waals surface area (Å²) in [6, 6.07) is 3.57. The Morgan fingerprint density at radius 2 is 1.90 bits per heavy atom. The van der Waals surface area contributed by atoms with E-state index in [4.69, 9.17) is 14.2 Å². The highest BCUT2D eigenvalue weighted by Gasteiger charge is 2.26. The van der Waals surface area contributed by atoms with Crippen molar-refractivity contribution in [2.24, 2.45) is 5.92 Å². The molecule has 2 N–H and O–H groups in total. The number of aliphatic hydroxyl groups excluding tert-OH is 1. The average molecular weight is 439 g/mol. The molecule has 1 aromatic heterocycles. The molecule has 6 nitrogen and oxygen atoms in total. The van der Waals surface area contributed by atoms with E-state index in [1.165, 1.54) is 24.2 Å². The summed E-state index contributed by atoms with van der Waals surface area (Å²) < 4.78 is 33.1. The number of halogens is 1. The third-order valence-corrected chi connectivity index (χ3v) is 6.58. The standard InChI is InChI=1S/C22H31FN2O4S/c1-13(24-14(2)26)11-27-16-5-7-17(8-6-16)29-19-10-9-18-21(20(19)23)30-22(25-18)28-12-15-3-4-15/h9-10,13-17,24,26H,3-8,11-12H2,1-2H3/t13-,14?,16?,17?/m0/s1. The van der Waals surface area contributed by atoms with Crippen LogP contribution in [0.5, 0.6) is 10.9 Å². The number of ether oxygens (including phenoxy) is 3. The van der Waals surface area contributed by atoms with Gasteiger partial charge in [-0.3, -0.25) is 5.32 Å². The molecule has 30 heavy (non-hydrogen) atoms. The summed E-state index contributed by atoms with van der Waals surface area (Å²) >= 11 is 1.25. The van der Waals surface area contributed by atoms with Crippen LogP contribution < -0.4 is 14.8 Å². The first-order valence-corrected chi connectivity index (χ1v) is 11.7. The van der Waals surface area contributed by atoms with Gasteiger partial charge >= 0.3 is 0 Å². The Morgan fingerprint density at radius 1 is 1.17 bits per heavy atom. The number of aliphatic hydroxyl groups is 1. The van der Waals surface area contributed by atoms with E-state index in [1.54, 1.807) is 19.1 Å². The predicted octanol–water partition coefficient (Wildman–Crippen LogP) is 4.25. The number of nitrogens with zero attached hydrogens (tertiary/aromatic N) is 1. The Bertz CT molecular complexity index is 834. The van der Waals surface area contributed by atoms with Crippen molar-refractivity contribution >= 4 is 21.6 Å². The first-order chi connectivity index (χ1) is 14.5. The van der Waals surface area contributed by atoms with E-state index in [1.807, 2.05) is 6.92 Å². The molecule has 0 radical (unpaired) electrons. The minimum Gasteiger partial charge on any atom is -0.487 e. The van der Waals surface area contributed by atoms with Crippen molar-refractivity contribution in [1.82, 2.24) is 10.3 Å². The minimum absolute atomic E-state index is 0.0108. The van der Waals surface area contributed by atoms with Gasteiger partial charge in [0.2, 0.25) is 0 Å². The summed E-state index contributed by atoms with van der Waals surface area (Å²) in [6.45, 7) is 4.92. The van der Waals surface area contributed by atoms with Crippen molar-refractivity contribution in [2.75, 3.05) is 13.2 Å². The third kappa shape index (κ3) is 5.81. The Morgan fingerprint density at radius 3 is 2.60 bits per heavy atom.